The third-order valence-electron chi connectivity index (χ3n) is 0.867. The van der Waals surface area contributed by atoms with Gasteiger partial charge in [-0.1, -0.05) is 0 Å². The van der Waals surface area contributed by atoms with Crippen LogP contribution in [0.5, 0.6) is 0 Å². The van der Waals surface area contributed by atoms with Crippen molar-refractivity contribution in [3.63, 3.8) is 0 Å². The fourth-order valence-corrected chi connectivity index (χ4v) is 0.973. The minimum absolute atomic E-state index is 0.630. The molecule has 0 saturated heterocycles. The lowest BCUT2D eigenvalue weighted by molar-refractivity contribution is 0.134. The molecule has 2 nitrogen and oxygen atoms in total. The predicted molar refractivity (Wildman–Crippen MR) is 36.3 cm³/mol. The first-order valence-electron chi connectivity index (χ1n) is 2.81. The van der Waals surface area contributed by atoms with Gasteiger partial charge in [0.2, 0.25) is 0 Å². The molecule has 0 aliphatic rings. The second kappa shape index (κ2) is 3.58. The summed E-state index contributed by atoms with van der Waals surface area (Å²) < 4.78 is 5.11. The molecule has 3 heteroatoms. The van der Waals surface area contributed by atoms with E-state index in [0.717, 1.165) is 11.6 Å². The Hall–Kier alpha value is -0.410. The molecule has 0 aromatic carbocycles. The van der Waals surface area contributed by atoms with Crippen LogP contribution in [0.15, 0.2) is 5.38 Å². The van der Waals surface area contributed by atoms with Gasteiger partial charge in [-0.15, -0.1) is 11.3 Å². The Labute approximate surface area is 58.5 Å². The summed E-state index contributed by atoms with van der Waals surface area (Å²) >= 11 is 1.57. The van der Waals surface area contributed by atoms with Crippen LogP contribution in [0.4, 0.5) is 0 Å². The maximum Gasteiger partial charge on any atom is 0.119 e. The fraction of sp³-hybridized carbons (Fsp3) is 0.500. The molecule has 0 N–H and O–H groups in total. The van der Waals surface area contributed by atoms with Gasteiger partial charge in [0.25, 0.3) is 0 Å². The summed E-state index contributed by atoms with van der Waals surface area (Å²) in [6.07, 6.45) is 2.73. The molecule has 1 aromatic rings. The van der Waals surface area contributed by atoms with E-state index >= 15 is 0 Å². The van der Waals surface area contributed by atoms with Gasteiger partial charge in [0, 0.05) is 12.0 Å². The van der Waals surface area contributed by atoms with Crippen LogP contribution >= 0.6 is 11.3 Å². The van der Waals surface area contributed by atoms with Crippen molar-refractivity contribution in [1.82, 2.24) is 4.98 Å². The Morgan fingerprint density at radius 2 is 2.78 bits per heavy atom. The SMILES string of the molecule is CCOCc1n[c]cs1. The number of hydrogen-bond donors (Lipinski definition) is 0. The van der Waals surface area contributed by atoms with E-state index in [1.165, 1.54) is 0 Å². The average Bonchev–Trinajstić information content (AvgIpc) is 2.34. The van der Waals surface area contributed by atoms with Gasteiger partial charge in [0.15, 0.2) is 0 Å². The van der Waals surface area contributed by atoms with E-state index in [9.17, 15) is 0 Å². The van der Waals surface area contributed by atoms with Crippen molar-refractivity contribution in [2.45, 2.75) is 13.5 Å². The van der Waals surface area contributed by atoms with Crippen LogP contribution in [-0.4, -0.2) is 11.6 Å². The van der Waals surface area contributed by atoms with Crippen molar-refractivity contribution in [1.29, 1.82) is 0 Å². The zero-order chi connectivity index (χ0) is 6.53. The zero-order valence-corrected chi connectivity index (χ0v) is 6.07. The average molecular weight is 142 g/mol. The molecule has 0 amide bonds. The molecular formula is C6H8NOS. The Morgan fingerprint density at radius 1 is 1.89 bits per heavy atom. The summed E-state index contributed by atoms with van der Waals surface area (Å²) in [4.78, 5) is 3.92. The van der Waals surface area contributed by atoms with Gasteiger partial charge in [-0.25, -0.2) is 4.98 Å². The van der Waals surface area contributed by atoms with Gasteiger partial charge in [-0.2, -0.15) is 0 Å². The van der Waals surface area contributed by atoms with Gasteiger partial charge in [0.1, 0.15) is 11.2 Å². The second-order valence-electron chi connectivity index (χ2n) is 1.51. The molecule has 0 saturated carbocycles. The van der Waals surface area contributed by atoms with Gasteiger partial charge >= 0.3 is 0 Å². The summed E-state index contributed by atoms with van der Waals surface area (Å²) in [6.45, 7) is 3.35. The molecule has 0 fully saturated rings. The summed E-state index contributed by atoms with van der Waals surface area (Å²) in [5.74, 6) is 0. The molecule has 9 heavy (non-hydrogen) atoms. The van der Waals surface area contributed by atoms with Crippen molar-refractivity contribution in [3.05, 3.63) is 16.6 Å². The number of nitrogens with zero attached hydrogens (tertiary/aromatic N) is 1. The Kier molecular flexibility index (Phi) is 2.67. The highest BCUT2D eigenvalue weighted by Crippen LogP contribution is 2.03. The minimum Gasteiger partial charge on any atom is -0.375 e. The number of rotatable bonds is 3. The second-order valence-corrected chi connectivity index (χ2v) is 2.45. The van der Waals surface area contributed by atoms with Crippen molar-refractivity contribution in [2.75, 3.05) is 6.61 Å². The predicted octanol–water partition coefficient (Wildman–Crippen LogP) is 1.48. The van der Waals surface area contributed by atoms with E-state index in [0.29, 0.717) is 6.61 Å². The smallest absolute Gasteiger partial charge is 0.119 e. The molecular weight excluding hydrogens is 134 g/mol. The molecule has 0 unspecified atom stereocenters. The topological polar surface area (TPSA) is 22.1 Å². The lowest BCUT2D eigenvalue weighted by Crippen LogP contribution is -1.89. The van der Waals surface area contributed by atoms with Gasteiger partial charge in [0.05, 0.1) is 6.61 Å². The summed E-state index contributed by atoms with van der Waals surface area (Å²) in [7, 11) is 0. The summed E-state index contributed by atoms with van der Waals surface area (Å²) in [5, 5.41) is 2.82. The van der Waals surface area contributed by atoms with E-state index in [1.807, 2.05) is 12.3 Å². The van der Waals surface area contributed by atoms with Crippen LogP contribution in [0.3, 0.4) is 0 Å². The third kappa shape index (κ3) is 2.11. The summed E-state index contributed by atoms with van der Waals surface area (Å²) in [5.41, 5.74) is 0. The Balaban J connectivity index is 2.30. The first kappa shape index (κ1) is 6.71. The van der Waals surface area contributed by atoms with Crippen LogP contribution in [0.2, 0.25) is 0 Å². The first-order valence-corrected chi connectivity index (χ1v) is 3.69. The highest BCUT2D eigenvalue weighted by molar-refractivity contribution is 7.09. The molecule has 0 atom stereocenters. The third-order valence-corrected chi connectivity index (χ3v) is 1.57. The Bertz CT molecular complexity index is 150. The molecule has 0 aliphatic heterocycles. The quantitative estimate of drug-likeness (QED) is 0.637. The summed E-state index contributed by atoms with van der Waals surface area (Å²) in [6, 6.07) is 0. The van der Waals surface area contributed by atoms with Gasteiger partial charge in [-0.05, 0) is 6.92 Å². The van der Waals surface area contributed by atoms with E-state index in [2.05, 4.69) is 11.2 Å². The molecule has 1 heterocycles. The van der Waals surface area contributed by atoms with E-state index in [4.69, 9.17) is 4.74 Å². The first-order chi connectivity index (χ1) is 4.43. The molecule has 0 spiro atoms. The number of ether oxygens (including phenoxy) is 1. The van der Waals surface area contributed by atoms with Gasteiger partial charge < -0.3 is 4.74 Å². The Morgan fingerprint density at radius 3 is 3.33 bits per heavy atom. The fourth-order valence-electron chi connectivity index (χ4n) is 0.475. The maximum absolute atomic E-state index is 5.11. The zero-order valence-electron chi connectivity index (χ0n) is 5.26. The highest BCUT2D eigenvalue weighted by Gasteiger charge is 1.91. The monoisotopic (exact) mass is 142 g/mol. The molecule has 49 valence electrons. The van der Waals surface area contributed by atoms with E-state index in [-0.39, 0.29) is 0 Å². The van der Waals surface area contributed by atoms with Crippen LogP contribution in [0, 0.1) is 6.20 Å². The number of hydrogen-bond acceptors (Lipinski definition) is 3. The minimum atomic E-state index is 0.630. The van der Waals surface area contributed by atoms with Gasteiger partial charge in [-0.3, -0.25) is 0 Å². The lowest BCUT2D eigenvalue weighted by Gasteiger charge is -1.93. The highest BCUT2D eigenvalue weighted by atomic mass is 32.1. The van der Waals surface area contributed by atoms with E-state index < -0.39 is 0 Å². The van der Waals surface area contributed by atoms with Crippen molar-refractivity contribution < 1.29 is 4.74 Å². The van der Waals surface area contributed by atoms with Crippen LogP contribution in [-0.2, 0) is 11.3 Å². The van der Waals surface area contributed by atoms with Crippen molar-refractivity contribution >= 4 is 11.3 Å². The molecule has 1 radical (unpaired) electrons. The van der Waals surface area contributed by atoms with Crippen molar-refractivity contribution in [2.24, 2.45) is 0 Å². The lowest BCUT2D eigenvalue weighted by atomic mass is 10.7. The largest absolute Gasteiger partial charge is 0.375 e. The molecule has 1 rings (SSSR count). The molecule has 0 aliphatic carbocycles. The van der Waals surface area contributed by atoms with Crippen LogP contribution < -0.4 is 0 Å². The van der Waals surface area contributed by atoms with E-state index in [1.54, 1.807) is 11.3 Å². The standard InChI is InChI=1S/C6H8NOS/c1-2-8-5-6-7-3-4-9-6/h4H,2,5H2,1H3. The number of thiazole rings is 1. The molecule has 0 bridgehead atoms. The maximum atomic E-state index is 5.11. The van der Waals surface area contributed by atoms with Crippen molar-refractivity contribution in [3.8, 4) is 0 Å². The normalized spacial score (nSPS) is 9.89. The van der Waals surface area contributed by atoms with Crippen LogP contribution in [0.1, 0.15) is 11.9 Å². The van der Waals surface area contributed by atoms with Crippen LogP contribution in [0.25, 0.3) is 0 Å². The molecule has 1 aromatic heterocycles. The number of aromatic nitrogens is 1.